The molecule has 2 heteroatoms. The molecule has 98 valence electrons. The molecule has 0 saturated carbocycles. The van der Waals surface area contributed by atoms with Crippen molar-refractivity contribution in [2.75, 3.05) is 6.54 Å². The Hall–Kier alpha value is 0.310. The molecule has 1 N–H and O–H groups in total. The normalized spacial score (nSPS) is 17.1. The Kier molecular flexibility index (Phi) is 10.7. The van der Waals surface area contributed by atoms with Crippen LogP contribution in [-0.4, -0.2) is 23.1 Å². The van der Waals surface area contributed by atoms with Crippen molar-refractivity contribution in [2.24, 2.45) is 0 Å². The number of hydrogen-bond acceptors (Lipinski definition) is 2. The van der Waals surface area contributed by atoms with E-state index in [1.165, 1.54) is 38.6 Å². The molecule has 0 radical (unpaired) electrons. The molecule has 0 heterocycles. The maximum atomic E-state index is 3.73. The van der Waals surface area contributed by atoms with Crippen LogP contribution in [0.1, 0.15) is 66.7 Å². The van der Waals surface area contributed by atoms with Crippen molar-refractivity contribution in [1.82, 2.24) is 5.32 Å². The predicted octanol–water partition coefficient (Wildman–Crippen LogP) is 4.47. The Morgan fingerprint density at radius 1 is 1.00 bits per heavy atom. The molecule has 0 amide bonds. The van der Waals surface area contributed by atoms with E-state index in [4.69, 9.17) is 0 Å². The molecular formula is C14H31NS. The fourth-order valence-corrected chi connectivity index (χ4v) is 3.33. The van der Waals surface area contributed by atoms with Crippen molar-refractivity contribution in [3.8, 4) is 0 Å². The number of rotatable bonds is 10. The SMILES string of the molecule is CCCNC(CCC)C(CC)SC(C)CC. The van der Waals surface area contributed by atoms with E-state index in [1.54, 1.807) is 0 Å². The van der Waals surface area contributed by atoms with Gasteiger partial charge in [0.05, 0.1) is 0 Å². The molecule has 0 aromatic carbocycles. The third-order valence-corrected chi connectivity index (χ3v) is 4.90. The summed E-state index contributed by atoms with van der Waals surface area (Å²) in [6, 6.07) is 0.717. The summed E-state index contributed by atoms with van der Waals surface area (Å²) in [6.45, 7) is 12.7. The van der Waals surface area contributed by atoms with Gasteiger partial charge < -0.3 is 5.32 Å². The molecule has 0 rings (SSSR count). The molecule has 16 heavy (non-hydrogen) atoms. The van der Waals surface area contributed by atoms with Crippen LogP contribution in [0.25, 0.3) is 0 Å². The molecule has 0 bridgehead atoms. The summed E-state index contributed by atoms with van der Waals surface area (Å²) in [4.78, 5) is 0. The highest BCUT2D eigenvalue weighted by Gasteiger charge is 2.20. The van der Waals surface area contributed by atoms with Gasteiger partial charge in [0.1, 0.15) is 0 Å². The summed E-state index contributed by atoms with van der Waals surface area (Å²) < 4.78 is 0. The second kappa shape index (κ2) is 10.5. The molecule has 0 aliphatic rings. The standard InChI is InChI=1S/C14H31NS/c1-6-10-13(15-11-7-2)14(9-4)16-12(5)8-3/h12-15H,6-11H2,1-5H3. The number of hydrogen-bond donors (Lipinski definition) is 1. The summed E-state index contributed by atoms with van der Waals surface area (Å²) in [5, 5.41) is 5.32. The minimum absolute atomic E-state index is 0.717. The van der Waals surface area contributed by atoms with E-state index < -0.39 is 0 Å². The zero-order valence-corrected chi connectivity index (χ0v) is 12.7. The van der Waals surface area contributed by atoms with Crippen LogP contribution in [0, 0.1) is 0 Å². The van der Waals surface area contributed by atoms with Crippen molar-refractivity contribution in [3.05, 3.63) is 0 Å². The molecule has 3 atom stereocenters. The van der Waals surface area contributed by atoms with Crippen molar-refractivity contribution in [1.29, 1.82) is 0 Å². The molecule has 0 aliphatic carbocycles. The molecule has 0 spiro atoms. The lowest BCUT2D eigenvalue weighted by Gasteiger charge is -2.28. The van der Waals surface area contributed by atoms with Crippen LogP contribution in [0.5, 0.6) is 0 Å². The first-order valence-electron chi connectivity index (χ1n) is 7.08. The van der Waals surface area contributed by atoms with Gasteiger partial charge in [-0.3, -0.25) is 0 Å². The summed E-state index contributed by atoms with van der Waals surface area (Å²) >= 11 is 2.18. The smallest absolute Gasteiger partial charge is 0.0201 e. The molecule has 0 fully saturated rings. The van der Waals surface area contributed by atoms with Crippen molar-refractivity contribution in [3.63, 3.8) is 0 Å². The van der Waals surface area contributed by atoms with Crippen LogP contribution in [0.3, 0.4) is 0 Å². The third kappa shape index (κ3) is 6.80. The molecule has 0 aromatic rings. The van der Waals surface area contributed by atoms with Gasteiger partial charge in [-0.1, -0.05) is 41.0 Å². The van der Waals surface area contributed by atoms with E-state index in [2.05, 4.69) is 51.7 Å². The zero-order chi connectivity index (χ0) is 12.4. The highest BCUT2D eigenvalue weighted by Crippen LogP contribution is 2.27. The predicted molar refractivity (Wildman–Crippen MR) is 78.4 cm³/mol. The average molecular weight is 245 g/mol. The average Bonchev–Trinajstić information content (AvgIpc) is 2.31. The van der Waals surface area contributed by atoms with Gasteiger partial charge >= 0.3 is 0 Å². The van der Waals surface area contributed by atoms with Gasteiger partial charge in [0.15, 0.2) is 0 Å². The molecule has 0 aliphatic heterocycles. The largest absolute Gasteiger partial charge is 0.313 e. The van der Waals surface area contributed by atoms with Gasteiger partial charge in [0.25, 0.3) is 0 Å². The van der Waals surface area contributed by atoms with Gasteiger partial charge in [0, 0.05) is 16.5 Å². The monoisotopic (exact) mass is 245 g/mol. The lowest BCUT2D eigenvalue weighted by Crippen LogP contribution is -2.39. The molecule has 1 nitrogen and oxygen atoms in total. The van der Waals surface area contributed by atoms with Crippen LogP contribution in [0.2, 0.25) is 0 Å². The summed E-state index contributed by atoms with van der Waals surface area (Å²) in [6.07, 6.45) is 6.43. The molecule has 0 aromatic heterocycles. The quantitative estimate of drug-likeness (QED) is 0.609. The van der Waals surface area contributed by atoms with E-state index in [-0.39, 0.29) is 0 Å². The lowest BCUT2D eigenvalue weighted by atomic mass is 10.1. The maximum absolute atomic E-state index is 3.73. The Labute approximate surface area is 107 Å². The Morgan fingerprint density at radius 3 is 2.12 bits per heavy atom. The number of thioether (sulfide) groups is 1. The van der Waals surface area contributed by atoms with Crippen LogP contribution < -0.4 is 5.32 Å². The third-order valence-electron chi connectivity index (χ3n) is 3.09. The Morgan fingerprint density at radius 2 is 1.69 bits per heavy atom. The highest BCUT2D eigenvalue weighted by atomic mass is 32.2. The van der Waals surface area contributed by atoms with E-state index in [1.807, 2.05) is 0 Å². The topological polar surface area (TPSA) is 12.0 Å². The second-order valence-corrected chi connectivity index (χ2v) is 6.33. The zero-order valence-electron chi connectivity index (χ0n) is 11.9. The second-order valence-electron chi connectivity index (χ2n) is 4.65. The van der Waals surface area contributed by atoms with Gasteiger partial charge in [0.2, 0.25) is 0 Å². The molecule has 3 unspecified atom stereocenters. The minimum Gasteiger partial charge on any atom is -0.313 e. The minimum atomic E-state index is 0.717. The number of nitrogens with one attached hydrogen (secondary N) is 1. The van der Waals surface area contributed by atoms with E-state index >= 15 is 0 Å². The molecule has 0 saturated heterocycles. The van der Waals surface area contributed by atoms with Crippen molar-refractivity contribution >= 4 is 11.8 Å². The highest BCUT2D eigenvalue weighted by molar-refractivity contribution is 8.00. The molecular weight excluding hydrogens is 214 g/mol. The summed E-state index contributed by atoms with van der Waals surface area (Å²) in [5.74, 6) is 0. The first-order valence-corrected chi connectivity index (χ1v) is 8.02. The van der Waals surface area contributed by atoms with Gasteiger partial charge in [-0.25, -0.2) is 0 Å². The first kappa shape index (κ1) is 16.3. The van der Waals surface area contributed by atoms with E-state index in [0.29, 0.717) is 6.04 Å². The fraction of sp³-hybridized carbons (Fsp3) is 1.00. The van der Waals surface area contributed by atoms with Crippen LogP contribution in [0.4, 0.5) is 0 Å². The van der Waals surface area contributed by atoms with Crippen LogP contribution in [0.15, 0.2) is 0 Å². The van der Waals surface area contributed by atoms with E-state index in [0.717, 1.165) is 10.5 Å². The van der Waals surface area contributed by atoms with Gasteiger partial charge in [-0.2, -0.15) is 11.8 Å². The van der Waals surface area contributed by atoms with E-state index in [9.17, 15) is 0 Å². The summed E-state index contributed by atoms with van der Waals surface area (Å²) in [5.41, 5.74) is 0. The Balaban J connectivity index is 4.20. The maximum Gasteiger partial charge on any atom is 0.0201 e. The van der Waals surface area contributed by atoms with Crippen LogP contribution in [-0.2, 0) is 0 Å². The van der Waals surface area contributed by atoms with Gasteiger partial charge in [-0.05, 0) is 32.2 Å². The fourth-order valence-electron chi connectivity index (χ4n) is 1.93. The first-order chi connectivity index (χ1) is 7.69. The van der Waals surface area contributed by atoms with Crippen LogP contribution >= 0.6 is 11.8 Å². The Bertz CT molecular complexity index is 150. The summed E-state index contributed by atoms with van der Waals surface area (Å²) in [7, 11) is 0. The van der Waals surface area contributed by atoms with Crippen molar-refractivity contribution < 1.29 is 0 Å². The van der Waals surface area contributed by atoms with Crippen molar-refractivity contribution in [2.45, 2.75) is 83.3 Å². The van der Waals surface area contributed by atoms with Gasteiger partial charge in [-0.15, -0.1) is 0 Å². The lowest BCUT2D eigenvalue weighted by molar-refractivity contribution is 0.453.